The number of nitrogens with zero attached hydrogens (tertiary/aromatic N) is 1. The fourth-order valence-electron chi connectivity index (χ4n) is 1.11. The second-order valence-corrected chi connectivity index (χ2v) is 4.61. The summed E-state index contributed by atoms with van der Waals surface area (Å²) in [5.74, 6) is -0.842. The minimum Gasteiger partial charge on any atom is -0.387 e. The first kappa shape index (κ1) is 12.6. The van der Waals surface area contributed by atoms with Crippen LogP contribution in [0.25, 0.3) is 0 Å². The van der Waals surface area contributed by atoms with Gasteiger partial charge < -0.3 is 5.11 Å². The maximum absolute atomic E-state index is 10.5. The predicted molar refractivity (Wildman–Crippen MR) is 54.5 cm³/mol. The molecule has 8 heteroatoms. The molecule has 16 heavy (non-hydrogen) atoms. The van der Waals surface area contributed by atoms with Gasteiger partial charge in [-0.25, -0.2) is 0 Å². The van der Waals surface area contributed by atoms with Crippen molar-refractivity contribution in [1.82, 2.24) is 0 Å². The third-order valence-corrected chi connectivity index (χ3v) is 2.59. The summed E-state index contributed by atoms with van der Waals surface area (Å²) >= 11 is 0. The molecule has 0 aromatic heterocycles. The van der Waals surface area contributed by atoms with Crippen LogP contribution in [0.5, 0.6) is 0 Å². The van der Waals surface area contributed by atoms with Gasteiger partial charge in [0.2, 0.25) is 0 Å². The molecule has 2 N–H and O–H groups in total. The van der Waals surface area contributed by atoms with E-state index in [4.69, 9.17) is 4.55 Å². The van der Waals surface area contributed by atoms with Gasteiger partial charge in [0.05, 0.1) is 11.0 Å². The predicted octanol–water partition coefficient (Wildman–Crippen LogP) is 0.516. The standard InChI is InChI=1S/C8H9NO6S/c10-8(5-16(13,14)15)6-1-3-7(4-2-6)9(11)12/h1-4,8,10H,5H2,(H,13,14,15). The van der Waals surface area contributed by atoms with Crippen molar-refractivity contribution in [3.8, 4) is 0 Å². The van der Waals surface area contributed by atoms with Crippen LogP contribution >= 0.6 is 0 Å². The molecule has 0 amide bonds. The summed E-state index contributed by atoms with van der Waals surface area (Å²) in [6.45, 7) is 0. The summed E-state index contributed by atoms with van der Waals surface area (Å²) in [6, 6.07) is 4.74. The maximum Gasteiger partial charge on any atom is 0.269 e. The Morgan fingerprint density at radius 3 is 2.19 bits per heavy atom. The average molecular weight is 247 g/mol. The second kappa shape index (κ2) is 4.56. The van der Waals surface area contributed by atoms with Gasteiger partial charge in [0.1, 0.15) is 5.75 Å². The Labute approximate surface area is 91.2 Å². The van der Waals surface area contributed by atoms with E-state index in [1.807, 2.05) is 0 Å². The van der Waals surface area contributed by atoms with Gasteiger partial charge in [-0.05, 0) is 17.7 Å². The molecule has 88 valence electrons. The summed E-state index contributed by atoms with van der Waals surface area (Å²) in [5, 5.41) is 19.7. The molecule has 1 rings (SSSR count). The van der Waals surface area contributed by atoms with Gasteiger partial charge in [0.15, 0.2) is 0 Å². The fourth-order valence-corrected chi connectivity index (χ4v) is 1.71. The second-order valence-electron chi connectivity index (χ2n) is 3.11. The molecule has 0 heterocycles. The van der Waals surface area contributed by atoms with E-state index in [0.29, 0.717) is 0 Å². The first-order valence-electron chi connectivity index (χ1n) is 4.17. The van der Waals surface area contributed by atoms with Crippen LogP contribution in [0, 0.1) is 10.1 Å². The van der Waals surface area contributed by atoms with Crippen LogP contribution in [0.2, 0.25) is 0 Å². The smallest absolute Gasteiger partial charge is 0.269 e. The van der Waals surface area contributed by atoms with Crippen molar-refractivity contribution in [1.29, 1.82) is 0 Å². The number of aliphatic hydroxyl groups is 1. The molecular formula is C8H9NO6S. The molecule has 1 unspecified atom stereocenters. The Kier molecular flexibility index (Phi) is 3.58. The molecule has 0 spiro atoms. The zero-order chi connectivity index (χ0) is 12.3. The molecular weight excluding hydrogens is 238 g/mol. The SMILES string of the molecule is O=[N+]([O-])c1ccc(C(O)CS(=O)(=O)O)cc1. The Bertz CT molecular complexity index is 480. The van der Waals surface area contributed by atoms with Crippen molar-refractivity contribution >= 4 is 15.8 Å². The van der Waals surface area contributed by atoms with Crippen molar-refractivity contribution in [3.63, 3.8) is 0 Å². The Morgan fingerprint density at radius 1 is 1.31 bits per heavy atom. The van der Waals surface area contributed by atoms with E-state index >= 15 is 0 Å². The number of nitro groups is 1. The Morgan fingerprint density at radius 2 is 1.81 bits per heavy atom. The molecule has 0 aliphatic rings. The third-order valence-electron chi connectivity index (χ3n) is 1.86. The number of nitro benzene ring substituents is 1. The highest BCUT2D eigenvalue weighted by atomic mass is 32.2. The van der Waals surface area contributed by atoms with Gasteiger partial charge in [0, 0.05) is 12.1 Å². The van der Waals surface area contributed by atoms with E-state index in [-0.39, 0.29) is 11.3 Å². The van der Waals surface area contributed by atoms with Crippen molar-refractivity contribution in [2.45, 2.75) is 6.10 Å². The highest BCUT2D eigenvalue weighted by Crippen LogP contribution is 2.18. The van der Waals surface area contributed by atoms with Crippen LogP contribution < -0.4 is 0 Å². The van der Waals surface area contributed by atoms with Crippen molar-refractivity contribution < 1.29 is 23.0 Å². The monoisotopic (exact) mass is 247 g/mol. The van der Waals surface area contributed by atoms with Gasteiger partial charge in [-0.3, -0.25) is 14.7 Å². The molecule has 0 bridgehead atoms. The maximum atomic E-state index is 10.5. The molecule has 0 saturated heterocycles. The van der Waals surface area contributed by atoms with Crippen LogP contribution in [0.15, 0.2) is 24.3 Å². The van der Waals surface area contributed by atoms with E-state index in [1.165, 1.54) is 12.1 Å². The topological polar surface area (TPSA) is 118 Å². The third kappa shape index (κ3) is 3.57. The number of aliphatic hydroxyl groups excluding tert-OH is 1. The molecule has 0 saturated carbocycles. The number of non-ortho nitro benzene ring substituents is 1. The van der Waals surface area contributed by atoms with Gasteiger partial charge in [-0.2, -0.15) is 8.42 Å². The van der Waals surface area contributed by atoms with Crippen molar-refractivity contribution in [2.75, 3.05) is 5.75 Å². The van der Waals surface area contributed by atoms with Gasteiger partial charge in [0.25, 0.3) is 15.8 Å². The lowest BCUT2D eigenvalue weighted by Gasteiger charge is -2.08. The minimum atomic E-state index is -4.28. The zero-order valence-corrected chi connectivity index (χ0v) is 8.79. The highest BCUT2D eigenvalue weighted by Gasteiger charge is 2.16. The van der Waals surface area contributed by atoms with Gasteiger partial charge in [-0.1, -0.05) is 0 Å². The van der Waals surface area contributed by atoms with Crippen LogP contribution in [0.1, 0.15) is 11.7 Å². The van der Waals surface area contributed by atoms with Crippen molar-refractivity contribution in [2.24, 2.45) is 0 Å². The van der Waals surface area contributed by atoms with Crippen LogP contribution in [-0.4, -0.2) is 28.8 Å². The Balaban J connectivity index is 2.86. The summed E-state index contributed by atoms with van der Waals surface area (Å²) in [6.07, 6.45) is -1.41. The van der Waals surface area contributed by atoms with E-state index in [2.05, 4.69) is 0 Å². The molecule has 0 radical (unpaired) electrons. The summed E-state index contributed by atoms with van der Waals surface area (Å²) < 4.78 is 29.5. The summed E-state index contributed by atoms with van der Waals surface area (Å²) in [5.41, 5.74) is 0.0195. The van der Waals surface area contributed by atoms with E-state index < -0.39 is 26.9 Å². The molecule has 7 nitrogen and oxygen atoms in total. The van der Waals surface area contributed by atoms with E-state index in [0.717, 1.165) is 12.1 Å². The Hall–Kier alpha value is -1.51. The summed E-state index contributed by atoms with van der Waals surface area (Å²) in [7, 11) is -4.28. The first-order chi connectivity index (χ1) is 7.29. The largest absolute Gasteiger partial charge is 0.387 e. The minimum absolute atomic E-state index is 0.164. The van der Waals surface area contributed by atoms with Crippen LogP contribution in [-0.2, 0) is 10.1 Å². The van der Waals surface area contributed by atoms with E-state index in [1.54, 1.807) is 0 Å². The highest BCUT2D eigenvalue weighted by molar-refractivity contribution is 7.85. The molecule has 1 atom stereocenters. The lowest BCUT2D eigenvalue weighted by molar-refractivity contribution is -0.384. The molecule has 0 aliphatic carbocycles. The fraction of sp³-hybridized carbons (Fsp3) is 0.250. The number of hydrogen-bond donors (Lipinski definition) is 2. The van der Waals surface area contributed by atoms with Gasteiger partial charge in [-0.15, -0.1) is 0 Å². The molecule has 1 aromatic carbocycles. The van der Waals surface area contributed by atoms with Crippen molar-refractivity contribution in [3.05, 3.63) is 39.9 Å². The summed E-state index contributed by atoms with van der Waals surface area (Å²) in [4.78, 5) is 9.71. The van der Waals surface area contributed by atoms with Gasteiger partial charge >= 0.3 is 0 Å². The molecule has 0 aliphatic heterocycles. The number of hydrogen-bond acceptors (Lipinski definition) is 5. The normalized spacial score (nSPS) is 13.4. The van der Waals surface area contributed by atoms with Crippen LogP contribution in [0.3, 0.4) is 0 Å². The molecule has 1 aromatic rings. The lowest BCUT2D eigenvalue weighted by Crippen LogP contribution is -2.13. The zero-order valence-electron chi connectivity index (χ0n) is 7.98. The van der Waals surface area contributed by atoms with Crippen LogP contribution in [0.4, 0.5) is 5.69 Å². The van der Waals surface area contributed by atoms with E-state index in [9.17, 15) is 23.6 Å². The molecule has 0 fully saturated rings. The first-order valence-corrected chi connectivity index (χ1v) is 5.78. The quantitative estimate of drug-likeness (QED) is 0.455. The number of benzene rings is 1. The average Bonchev–Trinajstić information content (AvgIpc) is 2.15. The lowest BCUT2D eigenvalue weighted by atomic mass is 10.1. The number of rotatable bonds is 4.